The van der Waals surface area contributed by atoms with Crippen LogP contribution in [0.4, 0.5) is 14.6 Å². The number of anilines is 1. The first-order valence-electron chi connectivity index (χ1n) is 12.0. The van der Waals surface area contributed by atoms with Crippen LogP contribution >= 0.6 is 11.8 Å². The topological polar surface area (TPSA) is 138 Å². The van der Waals surface area contributed by atoms with E-state index < -0.39 is 36.0 Å². The highest BCUT2D eigenvalue weighted by Crippen LogP contribution is 2.44. The number of thioether (sulfide) groups is 1. The monoisotopic (exact) mass is 522 g/mol. The smallest absolute Gasteiger partial charge is 0.191 e. The molecular weight excluding hydrogens is 494 g/mol. The van der Waals surface area contributed by atoms with E-state index >= 15 is 0 Å². The number of rotatable bonds is 10. The molecule has 2 aromatic heterocycles. The molecule has 13 heteroatoms. The van der Waals surface area contributed by atoms with Gasteiger partial charge in [-0.15, -0.1) is 5.10 Å². The summed E-state index contributed by atoms with van der Waals surface area (Å²) in [5, 5.41) is 42.5. The van der Waals surface area contributed by atoms with Gasteiger partial charge in [0.1, 0.15) is 23.8 Å². The van der Waals surface area contributed by atoms with Crippen LogP contribution in [-0.2, 0) is 4.74 Å². The number of halogens is 2. The fraction of sp³-hybridized carbons (Fsp3) is 0.565. The zero-order valence-corrected chi connectivity index (χ0v) is 20.4. The number of aliphatic hydroxyl groups excluding tert-OH is 3. The predicted molar refractivity (Wildman–Crippen MR) is 128 cm³/mol. The first-order valence-corrected chi connectivity index (χ1v) is 13.0. The Morgan fingerprint density at radius 2 is 2.03 bits per heavy atom. The first kappa shape index (κ1) is 25.2. The molecule has 194 valence electrons. The summed E-state index contributed by atoms with van der Waals surface area (Å²) in [5.41, 5.74) is 1.23. The van der Waals surface area contributed by atoms with Crippen molar-refractivity contribution in [1.29, 1.82) is 0 Å². The van der Waals surface area contributed by atoms with Crippen molar-refractivity contribution in [2.45, 2.75) is 67.7 Å². The van der Waals surface area contributed by atoms with Crippen LogP contribution in [-0.4, -0.2) is 83.6 Å². The van der Waals surface area contributed by atoms with Gasteiger partial charge in [0.2, 0.25) is 0 Å². The molecular formula is C23H28F2N6O4S. The van der Waals surface area contributed by atoms with Crippen molar-refractivity contribution in [3.05, 3.63) is 35.4 Å². The maximum atomic E-state index is 14.3. The van der Waals surface area contributed by atoms with Crippen LogP contribution in [0.25, 0.3) is 11.2 Å². The van der Waals surface area contributed by atoms with Gasteiger partial charge in [0.05, 0.1) is 25.4 Å². The van der Waals surface area contributed by atoms with Crippen molar-refractivity contribution in [1.82, 2.24) is 25.0 Å². The average molecular weight is 523 g/mol. The van der Waals surface area contributed by atoms with E-state index in [-0.39, 0.29) is 31.6 Å². The molecule has 0 bridgehead atoms. The molecule has 0 amide bonds. The Morgan fingerprint density at radius 3 is 2.78 bits per heavy atom. The third-order valence-corrected chi connectivity index (χ3v) is 7.60. The number of aliphatic hydroxyl groups is 3. The van der Waals surface area contributed by atoms with Crippen LogP contribution in [0, 0.1) is 11.6 Å². The number of hydrogen-bond donors (Lipinski definition) is 4. The van der Waals surface area contributed by atoms with Crippen molar-refractivity contribution >= 4 is 28.7 Å². The highest BCUT2D eigenvalue weighted by atomic mass is 32.2. The Kier molecular flexibility index (Phi) is 7.35. The van der Waals surface area contributed by atoms with Crippen molar-refractivity contribution < 1.29 is 28.8 Å². The summed E-state index contributed by atoms with van der Waals surface area (Å²) >= 11 is 1.47. The van der Waals surface area contributed by atoms with E-state index in [0.717, 1.165) is 18.2 Å². The van der Waals surface area contributed by atoms with Gasteiger partial charge in [-0.1, -0.05) is 30.0 Å². The van der Waals surface area contributed by atoms with Crippen molar-refractivity contribution in [2.24, 2.45) is 0 Å². The zero-order chi connectivity index (χ0) is 25.4. The van der Waals surface area contributed by atoms with Gasteiger partial charge in [-0.05, 0) is 24.5 Å². The van der Waals surface area contributed by atoms with Crippen LogP contribution in [0.2, 0.25) is 0 Å². The van der Waals surface area contributed by atoms with Crippen LogP contribution in [0.5, 0.6) is 0 Å². The SMILES string of the molecule is CCCSc1nc(N[C@@H]2C[C@H]2c2ccc(F)cc2F)c2nnn([C@@H]3C[C@H](OCCO)[C@@H](O)[C@H]3O)c2n1. The highest BCUT2D eigenvalue weighted by Gasteiger charge is 2.45. The van der Waals surface area contributed by atoms with E-state index in [0.29, 0.717) is 34.1 Å². The summed E-state index contributed by atoms with van der Waals surface area (Å²) in [4.78, 5) is 9.25. The second-order valence-corrected chi connectivity index (χ2v) is 10.1. The van der Waals surface area contributed by atoms with Crippen molar-refractivity contribution in [3.8, 4) is 0 Å². The third kappa shape index (κ3) is 4.90. The van der Waals surface area contributed by atoms with Crippen LogP contribution in [0.1, 0.15) is 43.7 Å². The van der Waals surface area contributed by atoms with Gasteiger partial charge in [0.15, 0.2) is 22.1 Å². The van der Waals surface area contributed by atoms with Gasteiger partial charge in [-0.2, -0.15) is 0 Å². The number of hydrogen-bond acceptors (Lipinski definition) is 10. The van der Waals surface area contributed by atoms with E-state index in [2.05, 4.69) is 25.6 Å². The fourth-order valence-corrected chi connectivity index (χ4v) is 5.34. The first-order chi connectivity index (χ1) is 17.4. The lowest BCUT2D eigenvalue weighted by molar-refractivity contribution is -0.0629. The second kappa shape index (κ2) is 10.5. The molecule has 5 rings (SSSR count). The molecule has 36 heavy (non-hydrogen) atoms. The third-order valence-electron chi connectivity index (χ3n) is 6.55. The molecule has 2 saturated carbocycles. The molecule has 2 aliphatic rings. The molecule has 10 nitrogen and oxygen atoms in total. The maximum absolute atomic E-state index is 14.3. The summed E-state index contributed by atoms with van der Waals surface area (Å²) < 4.78 is 34.6. The second-order valence-electron chi connectivity index (χ2n) is 9.09. The number of benzene rings is 1. The molecule has 2 aliphatic carbocycles. The number of ether oxygens (including phenoxy) is 1. The summed E-state index contributed by atoms with van der Waals surface area (Å²) in [7, 11) is 0. The van der Waals surface area contributed by atoms with Crippen molar-refractivity contribution in [3.63, 3.8) is 0 Å². The van der Waals surface area contributed by atoms with E-state index in [4.69, 9.17) is 9.84 Å². The van der Waals surface area contributed by atoms with Crippen LogP contribution in [0.3, 0.4) is 0 Å². The number of nitrogens with zero attached hydrogens (tertiary/aromatic N) is 5. The standard InChI is InChI=1S/C23H28F2N6O4S/c1-2-7-36-23-27-21(26-15-9-13(15)12-4-3-11(24)8-14(12)25)18-22(28-23)31(30-29-18)16-10-17(35-6-5-32)20(34)19(16)33/h3-4,8,13,15-17,19-20,32-34H,2,5-7,9-10H2,1H3,(H,26,27,28)/t13-,15+,16+,17-,19-,20+/m0/s1. The minimum Gasteiger partial charge on any atom is -0.394 e. The number of nitrogens with one attached hydrogen (secondary N) is 1. The molecule has 2 heterocycles. The summed E-state index contributed by atoms with van der Waals surface area (Å²) in [6, 6.07) is 2.85. The lowest BCUT2D eigenvalue weighted by atomic mass is 10.1. The Balaban J connectivity index is 1.43. The van der Waals surface area contributed by atoms with Crippen LogP contribution in [0.15, 0.2) is 23.4 Å². The van der Waals surface area contributed by atoms with Crippen molar-refractivity contribution in [2.75, 3.05) is 24.3 Å². The lowest BCUT2D eigenvalue weighted by Gasteiger charge is -2.17. The predicted octanol–water partition coefficient (Wildman–Crippen LogP) is 2.01. The fourth-order valence-electron chi connectivity index (χ4n) is 4.65. The van der Waals surface area contributed by atoms with E-state index in [1.807, 2.05) is 6.92 Å². The molecule has 3 aromatic rings. The molecule has 4 N–H and O–H groups in total. The minimum absolute atomic E-state index is 0.0462. The van der Waals surface area contributed by atoms with Gasteiger partial charge in [0, 0.05) is 30.2 Å². The largest absolute Gasteiger partial charge is 0.394 e. The Hall–Kier alpha value is -2.45. The van der Waals surface area contributed by atoms with E-state index in [1.165, 1.54) is 28.6 Å². The zero-order valence-electron chi connectivity index (χ0n) is 19.6. The van der Waals surface area contributed by atoms with E-state index in [9.17, 15) is 19.0 Å². The molecule has 1 aromatic carbocycles. The van der Waals surface area contributed by atoms with E-state index in [1.54, 1.807) is 0 Å². The summed E-state index contributed by atoms with van der Waals surface area (Å²) in [6.45, 7) is 1.90. The number of fused-ring (bicyclic) bond motifs is 1. The summed E-state index contributed by atoms with van der Waals surface area (Å²) in [5.74, 6) is -0.0822. The van der Waals surface area contributed by atoms with Gasteiger partial charge >= 0.3 is 0 Å². The highest BCUT2D eigenvalue weighted by molar-refractivity contribution is 7.99. The van der Waals surface area contributed by atoms with Crippen LogP contribution < -0.4 is 5.32 Å². The van der Waals surface area contributed by atoms with Gasteiger partial charge in [0.25, 0.3) is 0 Å². The molecule has 0 radical (unpaired) electrons. The maximum Gasteiger partial charge on any atom is 0.191 e. The number of aromatic nitrogens is 5. The molecule has 0 aliphatic heterocycles. The van der Waals surface area contributed by atoms with Gasteiger partial charge in [-0.25, -0.2) is 23.4 Å². The normalized spacial score (nSPS) is 27.6. The Labute approximate surface area is 210 Å². The molecule has 0 unspecified atom stereocenters. The molecule has 6 atom stereocenters. The molecule has 0 saturated heterocycles. The molecule has 0 spiro atoms. The molecule has 2 fully saturated rings. The van der Waals surface area contributed by atoms with Gasteiger partial charge in [-0.3, -0.25) is 0 Å². The quantitative estimate of drug-likeness (QED) is 0.231. The average Bonchev–Trinajstić information content (AvgIpc) is 3.38. The Bertz CT molecular complexity index is 1230. The van der Waals surface area contributed by atoms with Gasteiger partial charge < -0.3 is 25.4 Å². The minimum atomic E-state index is -1.16. The Morgan fingerprint density at radius 1 is 1.19 bits per heavy atom. The summed E-state index contributed by atoms with van der Waals surface area (Å²) in [6.07, 6.45) is -1.14. The lowest BCUT2D eigenvalue weighted by Crippen LogP contribution is -2.33.